The van der Waals surface area contributed by atoms with Gasteiger partial charge >= 0.3 is 0 Å². The fraction of sp³-hybridized carbons (Fsp3) is 0.833. The molecule has 0 spiro atoms. The molecule has 5 nitrogen and oxygen atoms in total. The van der Waals surface area contributed by atoms with Crippen LogP contribution in [0.1, 0.15) is 38.5 Å². The van der Waals surface area contributed by atoms with Gasteiger partial charge in [0.25, 0.3) is 0 Å². The van der Waals surface area contributed by atoms with E-state index in [2.05, 4.69) is 10.6 Å². The molecule has 2 aliphatic carbocycles. The molecule has 2 aliphatic rings. The second kappa shape index (κ2) is 5.49. The van der Waals surface area contributed by atoms with Crippen molar-refractivity contribution < 1.29 is 9.59 Å². The molecule has 96 valence electrons. The molecule has 17 heavy (non-hydrogen) atoms. The van der Waals surface area contributed by atoms with Crippen molar-refractivity contribution in [3.8, 4) is 0 Å². The average molecular weight is 239 g/mol. The predicted molar refractivity (Wildman–Crippen MR) is 64.1 cm³/mol. The molecule has 0 aromatic rings. The fourth-order valence-electron chi connectivity index (χ4n) is 2.33. The summed E-state index contributed by atoms with van der Waals surface area (Å²) in [7, 11) is 0. The summed E-state index contributed by atoms with van der Waals surface area (Å²) >= 11 is 0. The van der Waals surface area contributed by atoms with Crippen LogP contribution in [0.5, 0.6) is 0 Å². The molecule has 0 aromatic carbocycles. The van der Waals surface area contributed by atoms with E-state index in [1.165, 1.54) is 12.8 Å². The maximum atomic E-state index is 11.6. The highest BCUT2D eigenvalue weighted by Gasteiger charge is 2.26. The minimum atomic E-state index is -0.204. The molecule has 2 saturated carbocycles. The predicted octanol–water partition coefficient (Wildman–Crippen LogP) is -0.101. The van der Waals surface area contributed by atoms with E-state index in [1.807, 2.05) is 0 Å². The van der Waals surface area contributed by atoms with Gasteiger partial charge in [0.15, 0.2) is 0 Å². The van der Waals surface area contributed by atoms with Crippen LogP contribution in [0, 0.1) is 5.92 Å². The fourth-order valence-corrected chi connectivity index (χ4v) is 2.33. The number of nitrogens with one attached hydrogen (secondary N) is 2. The Labute approximate surface area is 102 Å². The van der Waals surface area contributed by atoms with Gasteiger partial charge in [-0.25, -0.2) is 0 Å². The van der Waals surface area contributed by atoms with Gasteiger partial charge in [0.1, 0.15) is 0 Å². The highest BCUT2D eigenvalue weighted by Crippen LogP contribution is 2.23. The van der Waals surface area contributed by atoms with Crippen LogP contribution in [0.25, 0.3) is 0 Å². The standard InChI is InChI=1S/C12H21N3O2/c13-12(17)8-1-3-10(4-2-8)15-11(16)7-14-9-5-6-9/h8-10,14H,1-7H2,(H2,13,17)(H,15,16). The van der Waals surface area contributed by atoms with Crippen LogP contribution in [0.2, 0.25) is 0 Å². The summed E-state index contributed by atoms with van der Waals surface area (Å²) in [6.45, 7) is 0.417. The summed E-state index contributed by atoms with van der Waals surface area (Å²) in [5, 5.41) is 6.19. The van der Waals surface area contributed by atoms with Gasteiger partial charge in [-0.1, -0.05) is 0 Å². The molecule has 0 aromatic heterocycles. The summed E-state index contributed by atoms with van der Waals surface area (Å²) in [5.41, 5.74) is 5.27. The van der Waals surface area contributed by atoms with Gasteiger partial charge in [0, 0.05) is 18.0 Å². The molecule has 0 bridgehead atoms. The van der Waals surface area contributed by atoms with Crippen molar-refractivity contribution in [2.24, 2.45) is 11.7 Å². The molecule has 0 unspecified atom stereocenters. The number of primary amides is 1. The van der Waals surface area contributed by atoms with Gasteiger partial charge < -0.3 is 16.4 Å². The van der Waals surface area contributed by atoms with Crippen LogP contribution in [-0.4, -0.2) is 30.4 Å². The van der Waals surface area contributed by atoms with Gasteiger partial charge in [-0.15, -0.1) is 0 Å². The highest BCUT2D eigenvalue weighted by molar-refractivity contribution is 5.79. The summed E-state index contributed by atoms with van der Waals surface area (Å²) in [5.74, 6) is -0.127. The Hall–Kier alpha value is -1.10. The number of carbonyl (C=O) groups excluding carboxylic acids is 2. The highest BCUT2D eigenvalue weighted by atomic mass is 16.2. The molecular formula is C12H21N3O2. The Kier molecular flexibility index (Phi) is 3.99. The maximum Gasteiger partial charge on any atom is 0.234 e. The topological polar surface area (TPSA) is 84.2 Å². The summed E-state index contributed by atoms with van der Waals surface area (Å²) in [4.78, 5) is 22.6. The van der Waals surface area contributed by atoms with Gasteiger partial charge in [0.05, 0.1) is 6.54 Å². The molecule has 0 heterocycles. The Morgan fingerprint density at radius 1 is 1.00 bits per heavy atom. The van der Waals surface area contributed by atoms with Crippen molar-refractivity contribution in [1.82, 2.24) is 10.6 Å². The molecule has 0 aliphatic heterocycles. The van der Waals surface area contributed by atoms with Crippen molar-refractivity contribution in [3.05, 3.63) is 0 Å². The summed E-state index contributed by atoms with van der Waals surface area (Å²) in [6.07, 6.45) is 5.71. The Morgan fingerprint density at radius 2 is 1.59 bits per heavy atom. The third-order valence-corrected chi connectivity index (χ3v) is 3.62. The van der Waals surface area contributed by atoms with Gasteiger partial charge in [-0.3, -0.25) is 9.59 Å². The zero-order valence-electron chi connectivity index (χ0n) is 10.1. The van der Waals surface area contributed by atoms with Crippen LogP contribution < -0.4 is 16.4 Å². The quantitative estimate of drug-likeness (QED) is 0.626. The van der Waals surface area contributed by atoms with Crippen LogP contribution in [0.15, 0.2) is 0 Å². The third-order valence-electron chi connectivity index (χ3n) is 3.62. The van der Waals surface area contributed by atoms with E-state index in [-0.39, 0.29) is 23.8 Å². The van der Waals surface area contributed by atoms with Gasteiger partial charge in [-0.2, -0.15) is 0 Å². The number of hydrogen-bond donors (Lipinski definition) is 3. The average Bonchev–Trinajstić information content (AvgIpc) is 3.11. The molecule has 2 amide bonds. The lowest BCUT2D eigenvalue weighted by molar-refractivity contribution is -0.123. The van der Waals surface area contributed by atoms with Crippen molar-refractivity contribution in [2.45, 2.75) is 50.6 Å². The lowest BCUT2D eigenvalue weighted by Gasteiger charge is -2.27. The van der Waals surface area contributed by atoms with E-state index in [1.54, 1.807) is 0 Å². The van der Waals surface area contributed by atoms with Crippen molar-refractivity contribution in [2.75, 3.05) is 6.54 Å². The lowest BCUT2D eigenvalue weighted by atomic mass is 9.85. The molecule has 4 N–H and O–H groups in total. The van der Waals surface area contributed by atoms with E-state index in [4.69, 9.17) is 5.73 Å². The Bertz CT molecular complexity index is 294. The monoisotopic (exact) mass is 239 g/mol. The molecule has 5 heteroatoms. The Morgan fingerprint density at radius 3 is 2.12 bits per heavy atom. The van der Waals surface area contributed by atoms with E-state index in [0.717, 1.165) is 25.7 Å². The van der Waals surface area contributed by atoms with Crippen molar-refractivity contribution in [1.29, 1.82) is 0 Å². The van der Waals surface area contributed by atoms with E-state index in [0.29, 0.717) is 12.6 Å². The minimum Gasteiger partial charge on any atom is -0.369 e. The number of carbonyl (C=O) groups is 2. The first kappa shape index (κ1) is 12.4. The zero-order valence-corrected chi connectivity index (χ0v) is 10.1. The summed E-state index contributed by atoms with van der Waals surface area (Å²) < 4.78 is 0. The van der Waals surface area contributed by atoms with E-state index >= 15 is 0 Å². The molecule has 0 saturated heterocycles. The molecule has 2 fully saturated rings. The van der Waals surface area contributed by atoms with Crippen LogP contribution in [0.4, 0.5) is 0 Å². The smallest absolute Gasteiger partial charge is 0.234 e. The van der Waals surface area contributed by atoms with Crippen LogP contribution >= 0.6 is 0 Å². The van der Waals surface area contributed by atoms with E-state index in [9.17, 15) is 9.59 Å². The third kappa shape index (κ3) is 4.00. The second-order valence-electron chi connectivity index (χ2n) is 5.17. The minimum absolute atomic E-state index is 0.00717. The second-order valence-corrected chi connectivity index (χ2v) is 5.17. The molecule has 2 rings (SSSR count). The van der Waals surface area contributed by atoms with Gasteiger partial charge in [-0.05, 0) is 38.5 Å². The van der Waals surface area contributed by atoms with Crippen LogP contribution in [-0.2, 0) is 9.59 Å². The summed E-state index contributed by atoms with van der Waals surface area (Å²) in [6, 6.07) is 0.783. The van der Waals surface area contributed by atoms with Gasteiger partial charge in [0.2, 0.25) is 11.8 Å². The Balaban J connectivity index is 1.62. The first-order chi connectivity index (χ1) is 8.15. The number of amides is 2. The lowest BCUT2D eigenvalue weighted by Crippen LogP contribution is -2.43. The van der Waals surface area contributed by atoms with Crippen molar-refractivity contribution >= 4 is 11.8 Å². The first-order valence-electron chi connectivity index (χ1n) is 6.47. The SMILES string of the molecule is NC(=O)C1CCC(NC(=O)CNC2CC2)CC1. The molecular weight excluding hydrogens is 218 g/mol. The van der Waals surface area contributed by atoms with Crippen LogP contribution in [0.3, 0.4) is 0 Å². The zero-order chi connectivity index (χ0) is 12.3. The normalized spacial score (nSPS) is 28.7. The largest absolute Gasteiger partial charge is 0.369 e. The molecule has 0 atom stereocenters. The number of rotatable bonds is 5. The van der Waals surface area contributed by atoms with Crippen molar-refractivity contribution in [3.63, 3.8) is 0 Å². The maximum absolute atomic E-state index is 11.6. The molecule has 0 radical (unpaired) electrons. The number of nitrogens with two attached hydrogens (primary N) is 1. The van der Waals surface area contributed by atoms with E-state index < -0.39 is 0 Å². The number of hydrogen-bond acceptors (Lipinski definition) is 3. The first-order valence-corrected chi connectivity index (χ1v) is 6.47.